The number of terminal acetylenes is 1. The van der Waals surface area contributed by atoms with Crippen LogP contribution >= 0.6 is 0 Å². The quantitative estimate of drug-likeness (QED) is 0.497. The van der Waals surface area contributed by atoms with Crippen molar-refractivity contribution in [1.82, 2.24) is 0 Å². The molecule has 12 heavy (non-hydrogen) atoms. The zero-order valence-corrected chi connectivity index (χ0v) is 7.57. The van der Waals surface area contributed by atoms with Gasteiger partial charge in [-0.05, 0) is 20.8 Å². The summed E-state index contributed by atoms with van der Waals surface area (Å²) < 4.78 is 4.79. The molecule has 0 aromatic carbocycles. The summed E-state index contributed by atoms with van der Waals surface area (Å²) in [5.74, 6) is 1.28. The van der Waals surface area contributed by atoms with Crippen molar-refractivity contribution in [2.24, 2.45) is 5.92 Å². The third kappa shape index (κ3) is 3.40. The van der Waals surface area contributed by atoms with Gasteiger partial charge in [-0.2, -0.15) is 0 Å². The predicted molar refractivity (Wildman–Crippen MR) is 45.2 cm³/mol. The average Bonchev–Trinajstić information content (AvgIpc) is 2.02. The maximum absolute atomic E-state index is 11.1. The zero-order valence-electron chi connectivity index (χ0n) is 7.57. The van der Waals surface area contributed by atoms with Crippen molar-refractivity contribution < 1.29 is 14.6 Å². The number of hydrogen-bond donors (Lipinski definition) is 1. The normalized spacial score (nSPS) is 17.2. The fourth-order valence-electron chi connectivity index (χ4n) is 0.513. The van der Waals surface area contributed by atoms with Gasteiger partial charge in [-0.1, -0.05) is 5.92 Å². The highest BCUT2D eigenvalue weighted by Gasteiger charge is 2.20. The van der Waals surface area contributed by atoms with Gasteiger partial charge in [0.25, 0.3) is 0 Å². The van der Waals surface area contributed by atoms with E-state index in [0.29, 0.717) is 0 Å². The van der Waals surface area contributed by atoms with Crippen LogP contribution in [0.1, 0.15) is 20.8 Å². The number of aliphatic hydroxyl groups excluding tert-OH is 1. The van der Waals surface area contributed by atoms with Gasteiger partial charge in [0, 0.05) is 0 Å². The molecule has 3 heteroatoms. The summed E-state index contributed by atoms with van der Waals surface area (Å²) >= 11 is 0. The lowest BCUT2D eigenvalue weighted by molar-refractivity contribution is -0.153. The molecule has 0 aliphatic rings. The minimum Gasteiger partial charge on any atom is -0.449 e. The largest absolute Gasteiger partial charge is 0.449 e. The third-order valence-electron chi connectivity index (χ3n) is 1.62. The first kappa shape index (κ1) is 11.0. The SMILES string of the molecule is C#C[C@H](C)OC(=O)[C@@H](C)[C@@H](C)O. The smallest absolute Gasteiger partial charge is 0.312 e. The molecule has 0 bridgehead atoms. The first-order valence-corrected chi connectivity index (χ1v) is 3.83. The molecule has 3 nitrogen and oxygen atoms in total. The van der Waals surface area contributed by atoms with Crippen LogP contribution in [0.4, 0.5) is 0 Å². The van der Waals surface area contributed by atoms with Crippen molar-refractivity contribution in [2.75, 3.05) is 0 Å². The van der Waals surface area contributed by atoms with E-state index in [0.717, 1.165) is 0 Å². The third-order valence-corrected chi connectivity index (χ3v) is 1.62. The van der Waals surface area contributed by atoms with Gasteiger partial charge < -0.3 is 9.84 Å². The summed E-state index contributed by atoms with van der Waals surface area (Å²) in [6, 6.07) is 0. The molecule has 0 aliphatic heterocycles. The Balaban J connectivity index is 3.98. The van der Waals surface area contributed by atoms with E-state index in [-0.39, 0.29) is 0 Å². The molecule has 3 atom stereocenters. The second-order valence-electron chi connectivity index (χ2n) is 2.78. The van der Waals surface area contributed by atoms with Crippen molar-refractivity contribution in [2.45, 2.75) is 33.0 Å². The maximum atomic E-state index is 11.1. The van der Waals surface area contributed by atoms with E-state index in [1.54, 1.807) is 13.8 Å². The Bertz CT molecular complexity index is 190. The van der Waals surface area contributed by atoms with Gasteiger partial charge in [-0.15, -0.1) is 6.42 Å². The summed E-state index contributed by atoms with van der Waals surface area (Å²) in [5.41, 5.74) is 0. The number of esters is 1. The fourth-order valence-corrected chi connectivity index (χ4v) is 0.513. The summed E-state index contributed by atoms with van der Waals surface area (Å²) in [5, 5.41) is 9.02. The highest BCUT2D eigenvalue weighted by atomic mass is 16.5. The van der Waals surface area contributed by atoms with Gasteiger partial charge >= 0.3 is 5.97 Å². The molecule has 0 saturated heterocycles. The molecule has 0 aliphatic carbocycles. The van der Waals surface area contributed by atoms with Crippen LogP contribution in [0.5, 0.6) is 0 Å². The Hall–Kier alpha value is -1.01. The molecule has 0 saturated carbocycles. The van der Waals surface area contributed by atoms with E-state index in [2.05, 4.69) is 5.92 Å². The van der Waals surface area contributed by atoms with E-state index in [1.165, 1.54) is 6.92 Å². The Kier molecular flexibility index (Phi) is 4.38. The molecular weight excluding hydrogens is 156 g/mol. The van der Waals surface area contributed by atoms with Crippen LogP contribution in [0.15, 0.2) is 0 Å². The number of rotatable bonds is 3. The second-order valence-corrected chi connectivity index (χ2v) is 2.78. The van der Waals surface area contributed by atoms with Crippen molar-refractivity contribution in [3.63, 3.8) is 0 Å². The van der Waals surface area contributed by atoms with Crippen LogP contribution in [0, 0.1) is 18.3 Å². The van der Waals surface area contributed by atoms with Gasteiger partial charge in [0.15, 0.2) is 6.10 Å². The number of aliphatic hydroxyl groups is 1. The van der Waals surface area contributed by atoms with Crippen LogP contribution in [-0.2, 0) is 9.53 Å². The summed E-state index contributed by atoms with van der Waals surface area (Å²) in [6.07, 6.45) is 3.77. The Morgan fingerprint density at radius 1 is 1.50 bits per heavy atom. The molecule has 1 N–H and O–H groups in total. The number of carbonyl (C=O) groups excluding carboxylic acids is 1. The Morgan fingerprint density at radius 3 is 2.33 bits per heavy atom. The van der Waals surface area contributed by atoms with Crippen LogP contribution in [0.25, 0.3) is 0 Å². The Morgan fingerprint density at radius 2 is 2.00 bits per heavy atom. The fraction of sp³-hybridized carbons (Fsp3) is 0.667. The lowest BCUT2D eigenvalue weighted by Crippen LogP contribution is -2.27. The summed E-state index contributed by atoms with van der Waals surface area (Å²) in [7, 11) is 0. The summed E-state index contributed by atoms with van der Waals surface area (Å²) in [4.78, 5) is 11.1. The molecule has 0 spiro atoms. The van der Waals surface area contributed by atoms with E-state index in [1.807, 2.05) is 0 Å². The van der Waals surface area contributed by atoms with Gasteiger partial charge in [0.05, 0.1) is 12.0 Å². The van der Waals surface area contributed by atoms with E-state index >= 15 is 0 Å². The number of carbonyl (C=O) groups is 1. The van der Waals surface area contributed by atoms with Crippen molar-refractivity contribution in [3.05, 3.63) is 0 Å². The van der Waals surface area contributed by atoms with Gasteiger partial charge in [0.1, 0.15) is 0 Å². The molecule has 0 unspecified atom stereocenters. The van der Waals surface area contributed by atoms with E-state index in [9.17, 15) is 4.79 Å². The molecular formula is C9H14O3. The van der Waals surface area contributed by atoms with Crippen LogP contribution in [-0.4, -0.2) is 23.3 Å². The zero-order chi connectivity index (χ0) is 9.72. The second kappa shape index (κ2) is 4.78. The van der Waals surface area contributed by atoms with Gasteiger partial charge in [-0.25, -0.2) is 0 Å². The standard InChI is InChI=1S/C9H14O3/c1-5-6(2)12-9(11)7(3)8(4)10/h1,6-8,10H,2-4H3/t6-,7-,8+/m0/s1. The lowest BCUT2D eigenvalue weighted by atomic mass is 10.1. The molecule has 0 heterocycles. The number of hydrogen-bond acceptors (Lipinski definition) is 3. The first-order valence-electron chi connectivity index (χ1n) is 3.83. The molecule has 68 valence electrons. The topological polar surface area (TPSA) is 46.5 Å². The maximum Gasteiger partial charge on any atom is 0.312 e. The van der Waals surface area contributed by atoms with Crippen LogP contribution < -0.4 is 0 Å². The van der Waals surface area contributed by atoms with Gasteiger partial charge in [0.2, 0.25) is 0 Å². The Labute approximate surface area is 72.7 Å². The predicted octanol–water partition coefficient (Wildman–Crippen LogP) is 0.568. The average molecular weight is 170 g/mol. The monoisotopic (exact) mass is 170 g/mol. The highest BCUT2D eigenvalue weighted by Crippen LogP contribution is 2.06. The van der Waals surface area contributed by atoms with Crippen molar-refractivity contribution in [1.29, 1.82) is 0 Å². The van der Waals surface area contributed by atoms with Crippen LogP contribution in [0.2, 0.25) is 0 Å². The molecule has 0 radical (unpaired) electrons. The molecule has 0 amide bonds. The first-order chi connectivity index (χ1) is 5.49. The van der Waals surface area contributed by atoms with E-state index in [4.69, 9.17) is 16.3 Å². The number of ether oxygens (including phenoxy) is 1. The van der Waals surface area contributed by atoms with Crippen molar-refractivity contribution >= 4 is 5.97 Å². The van der Waals surface area contributed by atoms with Crippen molar-refractivity contribution in [3.8, 4) is 12.3 Å². The van der Waals surface area contributed by atoms with Crippen LogP contribution in [0.3, 0.4) is 0 Å². The molecule has 0 aromatic rings. The minimum absolute atomic E-state index is 0.463. The molecule has 0 fully saturated rings. The molecule has 0 rings (SSSR count). The van der Waals surface area contributed by atoms with Gasteiger partial charge in [-0.3, -0.25) is 4.79 Å². The molecule has 0 aromatic heterocycles. The lowest BCUT2D eigenvalue weighted by Gasteiger charge is -2.14. The van der Waals surface area contributed by atoms with E-state index < -0.39 is 24.1 Å². The summed E-state index contributed by atoms with van der Waals surface area (Å²) in [6.45, 7) is 4.73. The minimum atomic E-state index is -0.706. The highest BCUT2D eigenvalue weighted by molar-refractivity contribution is 5.73.